The number of hydrogen-bond acceptors (Lipinski definition) is 9. The van der Waals surface area contributed by atoms with E-state index in [1.807, 2.05) is 36.4 Å². The van der Waals surface area contributed by atoms with Gasteiger partial charge >= 0.3 is 5.97 Å². The Labute approximate surface area is 286 Å². The van der Waals surface area contributed by atoms with Gasteiger partial charge in [-0.1, -0.05) is 53.2 Å². The first-order valence-corrected chi connectivity index (χ1v) is 16.5. The van der Waals surface area contributed by atoms with E-state index < -0.39 is 5.97 Å². The van der Waals surface area contributed by atoms with Gasteiger partial charge in [0.05, 0.1) is 37.4 Å². The minimum absolute atomic E-state index is 0.1000. The molecule has 5 rings (SSSR count). The number of carboxylic acid groups (broad SMARTS) is 1. The summed E-state index contributed by atoms with van der Waals surface area (Å²) in [5.74, 6) is 0.188. The maximum absolute atomic E-state index is 13.3. The summed E-state index contributed by atoms with van der Waals surface area (Å²) in [4.78, 5) is 28.9. The number of thiocarbonyl (C=S) groups is 1. The van der Waals surface area contributed by atoms with Crippen molar-refractivity contribution in [3.05, 3.63) is 80.7 Å². The van der Waals surface area contributed by atoms with Crippen LogP contribution >= 0.6 is 47.2 Å². The Kier molecular flexibility index (Phi) is 11.8. The lowest BCUT2D eigenvalue weighted by Crippen LogP contribution is -2.38. The number of carbonyl (C=O) groups excluding carboxylic acids is 1. The van der Waals surface area contributed by atoms with Crippen LogP contribution in [0.15, 0.2) is 59.5 Å². The molecule has 2 aliphatic heterocycles. The summed E-state index contributed by atoms with van der Waals surface area (Å²) in [6.45, 7) is 5.11. The molecule has 9 nitrogen and oxygen atoms in total. The van der Waals surface area contributed by atoms with E-state index in [1.54, 1.807) is 17.0 Å². The maximum atomic E-state index is 13.3. The van der Waals surface area contributed by atoms with Crippen molar-refractivity contribution in [2.75, 3.05) is 59.7 Å². The third kappa shape index (κ3) is 8.72. The normalized spacial score (nSPS) is 16.2. The van der Waals surface area contributed by atoms with Gasteiger partial charge in [-0.15, -0.1) is 0 Å². The van der Waals surface area contributed by atoms with Gasteiger partial charge < -0.3 is 24.1 Å². The van der Waals surface area contributed by atoms with Crippen LogP contribution in [0.1, 0.15) is 22.3 Å². The number of rotatable bonds is 13. The number of ether oxygens (including phenoxy) is 4. The van der Waals surface area contributed by atoms with Crippen molar-refractivity contribution in [1.82, 2.24) is 9.80 Å². The zero-order valence-electron chi connectivity index (χ0n) is 25.0. The van der Waals surface area contributed by atoms with Gasteiger partial charge in [-0.25, -0.2) is 4.79 Å². The Balaban J connectivity index is 1.26. The molecule has 0 spiro atoms. The number of nitrogens with zero attached hydrogens (tertiary/aromatic N) is 2. The summed E-state index contributed by atoms with van der Waals surface area (Å²) in [5, 5.41) is 10.2. The van der Waals surface area contributed by atoms with Crippen molar-refractivity contribution >= 4 is 69.5 Å². The number of carboxylic acids is 1. The minimum atomic E-state index is -1.05. The number of carbonyl (C=O) groups is 2. The van der Waals surface area contributed by atoms with Crippen LogP contribution in [0.3, 0.4) is 0 Å². The molecule has 1 amide bonds. The van der Waals surface area contributed by atoms with Crippen LogP contribution in [-0.2, 0) is 9.53 Å². The molecule has 46 heavy (non-hydrogen) atoms. The van der Waals surface area contributed by atoms with Crippen LogP contribution in [-0.4, -0.2) is 90.8 Å². The Bertz CT molecular complexity index is 1630. The molecule has 242 valence electrons. The van der Waals surface area contributed by atoms with Crippen molar-refractivity contribution in [3.8, 4) is 28.4 Å². The Hall–Kier alpha value is -3.32. The SMILES string of the molecule is COc1cc(C(=O)O)ccc1OCCCN1C(=O)/C(=C/c2ccc(OCCN3CCOCC3)c(-c3cc(Cl)cc(Cl)c3)c2)SC1=S. The average Bonchev–Trinajstić information content (AvgIpc) is 3.30. The molecule has 0 aliphatic carbocycles. The van der Waals surface area contributed by atoms with Crippen molar-refractivity contribution in [2.45, 2.75) is 6.42 Å². The molecule has 13 heteroatoms. The van der Waals surface area contributed by atoms with Gasteiger partial charge in [0.25, 0.3) is 5.91 Å². The number of benzene rings is 3. The number of halogens is 2. The fourth-order valence-corrected chi connectivity index (χ4v) is 6.81. The molecular weight excluding hydrogens is 671 g/mol. The lowest BCUT2D eigenvalue weighted by atomic mass is 10.0. The van der Waals surface area contributed by atoms with E-state index in [-0.39, 0.29) is 18.1 Å². The summed E-state index contributed by atoms with van der Waals surface area (Å²) in [7, 11) is 1.45. The van der Waals surface area contributed by atoms with Crippen molar-refractivity contribution < 1.29 is 33.6 Å². The number of amides is 1. The fourth-order valence-electron chi connectivity index (χ4n) is 4.98. The topological polar surface area (TPSA) is 97.8 Å². The summed E-state index contributed by atoms with van der Waals surface area (Å²) in [6.07, 6.45) is 2.32. The van der Waals surface area contributed by atoms with Gasteiger partial charge in [0.1, 0.15) is 16.7 Å². The van der Waals surface area contributed by atoms with E-state index in [2.05, 4.69) is 4.90 Å². The van der Waals surface area contributed by atoms with Gasteiger partial charge in [-0.3, -0.25) is 14.6 Å². The van der Waals surface area contributed by atoms with Crippen molar-refractivity contribution in [1.29, 1.82) is 0 Å². The first kappa shape index (κ1) is 34.0. The molecule has 0 bridgehead atoms. The number of aromatic carboxylic acids is 1. The predicted octanol–water partition coefficient (Wildman–Crippen LogP) is 6.75. The first-order chi connectivity index (χ1) is 22.2. The van der Waals surface area contributed by atoms with Gasteiger partial charge in [0.2, 0.25) is 0 Å². The number of thioether (sulfide) groups is 1. The van der Waals surface area contributed by atoms with Gasteiger partial charge in [0, 0.05) is 41.8 Å². The van der Waals surface area contributed by atoms with Crippen LogP contribution in [0.25, 0.3) is 17.2 Å². The molecule has 2 aliphatic rings. The zero-order valence-corrected chi connectivity index (χ0v) is 28.1. The number of morpholine rings is 1. The second-order valence-corrected chi connectivity index (χ2v) is 13.0. The molecule has 0 aromatic heterocycles. The van der Waals surface area contributed by atoms with E-state index in [4.69, 9.17) is 54.4 Å². The summed E-state index contributed by atoms with van der Waals surface area (Å²) in [6, 6.07) is 15.5. The third-order valence-corrected chi connectivity index (χ3v) is 9.13. The van der Waals surface area contributed by atoms with Crippen LogP contribution in [0, 0.1) is 0 Å². The molecule has 3 aromatic carbocycles. The molecule has 1 N–H and O–H groups in total. The molecule has 2 fully saturated rings. The monoisotopic (exact) mass is 702 g/mol. The molecule has 2 heterocycles. The quantitative estimate of drug-likeness (QED) is 0.117. The highest BCUT2D eigenvalue weighted by molar-refractivity contribution is 8.26. The number of hydrogen-bond donors (Lipinski definition) is 1. The van der Waals surface area contributed by atoms with E-state index in [1.165, 1.54) is 31.0 Å². The largest absolute Gasteiger partial charge is 0.493 e. The molecule has 0 saturated carbocycles. The predicted molar refractivity (Wildman–Crippen MR) is 185 cm³/mol. The average molecular weight is 704 g/mol. The second-order valence-electron chi connectivity index (χ2n) is 10.4. The molecular formula is C33H32Cl2N2O7S2. The lowest BCUT2D eigenvalue weighted by molar-refractivity contribution is -0.122. The lowest BCUT2D eigenvalue weighted by Gasteiger charge is -2.26. The third-order valence-electron chi connectivity index (χ3n) is 7.31. The minimum Gasteiger partial charge on any atom is -0.493 e. The van der Waals surface area contributed by atoms with Crippen LogP contribution in [0.4, 0.5) is 0 Å². The highest BCUT2D eigenvalue weighted by atomic mass is 35.5. The second kappa shape index (κ2) is 16.0. The van der Waals surface area contributed by atoms with Gasteiger partial charge in [-0.05, 0) is 72.2 Å². The molecule has 0 atom stereocenters. The van der Waals surface area contributed by atoms with E-state index in [0.717, 1.165) is 49.5 Å². The highest BCUT2D eigenvalue weighted by Crippen LogP contribution is 2.37. The number of methoxy groups -OCH3 is 1. The summed E-state index contributed by atoms with van der Waals surface area (Å²) in [5.41, 5.74) is 2.51. The molecule has 0 radical (unpaired) electrons. The van der Waals surface area contributed by atoms with E-state index in [9.17, 15) is 14.7 Å². The molecule has 3 aromatic rings. The fraction of sp³-hybridized carbons (Fsp3) is 0.303. The Morgan fingerprint density at radius 2 is 1.70 bits per heavy atom. The smallest absolute Gasteiger partial charge is 0.335 e. The first-order valence-electron chi connectivity index (χ1n) is 14.5. The van der Waals surface area contributed by atoms with Crippen molar-refractivity contribution in [2.24, 2.45) is 0 Å². The Morgan fingerprint density at radius 1 is 0.978 bits per heavy atom. The van der Waals surface area contributed by atoms with E-state index in [0.29, 0.717) is 56.1 Å². The van der Waals surface area contributed by atoms with Crippen molar-refractivity contribution in [3.63, 3.8) is 0 Å². The maximum Gasteiger partial charge on any atom is 0.335 e. The highest BCUT2D eigenvalue weighted by Gasteiger charge is 2.31. The Morgan fingerprint density at radius 3 is 2.41 bits per heavy atom. The molecule has 2 saturated heterocycles. The van der Waals surface area contributed by atoms with Gasteiger partial charge in [-0.2, -0.15) is 0 Å². The van der Waals surface area contributed by atoms with Crippen LogP contribution in [0.5, 0.6) is 17.2 Å². The van der Waals surface area contributed by atoms with Gasteiger partial charge in [0.15, 0.2) is 11.5 Å². The van der Waals surface area contributed by atoms with Crippen LogP contribution in [0.2, 0.25) is 10.0 Å². The summed E-state index contributed by atoms with van der Waals surface area (Å²) >= 11 is 19.5. The summed E-state index contributed by atoms with van der Waals surface area (Å²) < 4.78 is 23.2. The van der Waals surface area contributed by atoms with Crippen LogP contribution < -0.4 is 14.2 Å². The standard InChI is InChI=1S/C33H32Cl2N2O7S2/c1-41-29-19-22(32(39)40)4-6-28(29)43-11-2-7-37-31(38)30(46-33(37)45)16-21-3-5-27(44-14-10-36-8-12-42-13-9-36)26(15-21)23-17-24(34)20-25(35)18-23/h3-6,15-20H,2,7-14H2,1H3,(H,39,40)/b30-16-. The molecule has 0 unspecified atom stereocenters. The zero-order chi connectivity index (χ0) is 32.6. The van der Waals surface area contributed by atoms with E-state index >= 15 is 0 Å².